The van der Waals surface area contributed by atoms with Crippen LogP contribution in [0, 0.1) is 13.8 Å². The van der Waals surface area contributed by atoms with E-state index in [1.165, 1.54) is 6.33 Å². The number of aryl methyl sites for hydroxylation is 2. The molecule has 0 radical (unpaired) electrons. The highest BCUT2D eigenvalue weighted by molar-refractivity contribution is 5.82. The van der Waals surface area contributed by atoms with Crippen molar-refractivity contribution >= 4 is 16.7 Å². The van der Waals surface area contributed by atoms with E-state index in [-0.39, 0.29) is 5.56 Å². The molecule has 22 heavy (non-hydrogen) atoms. The molecule has 1 aromatic carbocycles. The molecule has 6 heteroatoms. The van der Waals surface area contributed by atoms with E-state index >= 15 is 0 Å². The molecule has 0 unspecified atom stereocenters. The summed E-state index contributed by atoms with van der Waals surface area (Å²) in [4.78, 5) is 21.4. The van der Waals surface area contributed by atoms with Crippen molar-refractivity contribution in [2.45, 2.75) is 13.8 Å². The number of hydrogen-bond acceptors (Lipinski definition) is 4. The lowest BCUT2D eigenvalue weighted by Crippen LogP contribution is -2.20. The fraction of sp³-hybridized carbons (Fsp3) is 0.125. The van der Waals surface area contributed by atoms with E-state index in [1.807, 2.05) is 44.2 Å². The van der Waals surface area contributed by atoms with Crippen LogP contribution in [0.25, 0.3) is 22.4 Å². The smallest absolute Gasteiger partial charge is 0.266 e. The topological polar surface area (TPSA) is 65.1 Å². The van der Waals surface area contributed by atoms with Gasteiger partial charge in [0.05, 0.1) is 22.3 Å². The molecule has 0 amide bonds. The van der Waals surface area contributed by atoms with Crippen LogP contribution < -0.4 is 5.56 Å². The molecule has 4 rings (SSSR count). The van der Waals surface area contributed by atoms with Crippen LogP contribution in [0.2, 0.25) is 0 Å². The quantitative estimate of drug-likeness (QED) is 0.538. The number of nitrogens with zero attached hydrogens (tertiary/aromatic N) is 5. The first kappa shape index (κ1) is 12.7. The maximum absolute atomic E-state index is 12.9. The van der Waals surface area contributed by atoms with Crippen LogP contribution in [0.5, 0.6) is 0 Å². The second-order valence-corrected chi connectivity index (χ2v) is 5.21. The van der Waals surface area contributed by atoms with E-state index in [4.69, 9.17) is 0 Å². The summed E-state index contributed by atoms with van der Waals surface area (Å²) < 4.78 is 3.24. The Morgan fingerprint density at radius 2 is 1.91 bits per heavy atom. The fourth-order valence-electron chi connectivity index (χ4n) is 2.75. The first-order valence-corrected chi connectivity index (χ1v) is 6.94. The standard InChI is InChI=1S/C16H13N5O/c1-10-5-3-4-6-12(10)20-8-7-13-14(15(20)22)11(2)19-16-17-9-18-21(13)16/h3-9H,1-2H3. The van der Waals surface area contributed by atoms with Gasteiger partial charge < -0.3 is 0 Å². The highest BCUT2D eigenvalue weighted by atomic mass is 16.1. The van der Waals surface area contributed by atoms with Crippen LogP contribution in [0.1, 0.15) is 11.3 Å². The van der Waals surface area contributed by atoms with Gasteiger partial charge in [0.15, 0.2) is 0 Å². The maximum Gasteiger partial charge on any atom is 0.266 e. The Balaban J connectivity index is 2.15. The summed E-state index contributed by atoms with van der Waals surface area (Å²) in [5, 5.41) is 4.70. The summed E-state index contributed by atoms with van der Waals surface area (Å²) in [7, 11) is 0. The Labute approximate surface area is 125 Å². The minimum Gasteiger partial charge on any atom is -0.283 e. The Kier molecular flexibility index (Phi) is 2.59. The van der Waals surface area contributed by atoms with Crippen LogP contribution >= 0.6 is 0 Å². The van der Waals surface area contributed by atoms with Gasteiger partial charge in [-0.2, -0.15) is 14.6 Å². The zero-order chi connectivity index (χ0) is 15.3. The predicted molar refractivity (Wildman–Crippen MR) is 83.4 cm³/mol. The fourth-order valence-corrected chi connectivity index (χ4v) is 2.75. The summed E-state index contributed by atoms with van der Waals surface area (Å²) in [6, 6.07) is 9.66. The molecule has 108 valence electrons. The van der Waals surface area contributed by atoms with Crippen molar-refractivity contribution in [2.24, 2.45) is 0 Å². The lowest BCUT2D eigenvalue weighted by Gasteiger charge is -2.11. The minimum atomic E-state index is -0.103. The van der Waals surface area contributed by atoms with Crippen molar-refractivity contribution in [1.29, 1.82) is 0 Å². The number of fused-ring (bicyclic) bond motifs is 3. The van der Waals surface area contributed by atoms with E-state index < -0.39 is 0 Å². The second kappa shape index (κ2) is 4.49. The molecular weight excluding hydrogens is 278 g/mol. The van der Waals surface area contributed by atoms with Crippen molar-refractivity contribution in [3.63, 3.8) is 0 Å². The Hall–Kier alpha value is -3.02. The zero-order valence-corrected chi connectivity index (χ0v) is 12.2. The third-order valence-electron chi connectivity index (χ3n) is 3.83. The van der Waals surface area contributed by atoms with Gasteiger partial charge in [-0.15, -0.1) is 0 Å². The largest absolute Gasteiger partial charge is 0.283 e. The molecular formula is C16H13N5O. The van der Waals surface area contributed by atoms with Crippen molar-refractivity contribution < 1.29 is 0 Å². The van der Waals surface area contributed by atoms with Gasteiger partial charge >= 0.3 is 0 Å². The van der Waals surface area contributed by atoms with Crippen LogP contribution in [0.3, 0.4) is 0 Å². The first-order valence-electron chi connectivity index (χ1n) is 6.94. The monoisotopic (exact) mass is 291 g/mol. The number of hydrogen-bond donors (Lipinski definition) is 0. The molecule has 0 saturated heterocycles. The van der Waals surface area contributed by atoms with Crippen molar-refractivity contribution in [3.8, 4) is 5.69 Å². The number of rotatable bonds is 1. The summed E-state index contributed by atoms with van der Waals surface area (Å²) in [5.41, 5.74) is 3.18. The summed E-state index contributed by atoms with van der Waals surface area (Å²) in [5.74, 6) is 0.498. The summed E-state index contributed by atoms with van der Waals surface area (Å²) >= 11 is 0. The summed E-state index contributed by atoms with van der Waals surface area (Å²) in [6.45, 7) is 3.80. The molecule has 0 saturated carbocycles. The van der Waals surface area contributed by atoms with Crippen molar-refractivity contribution in [1.82, 2.24) is 24.1 Å². The predicted octanol–water partition coefficient (Wildman–Crippen LogP) is 2.05. The van der Waals surface area contributed by atoms with E-state index in [0.29, 0.717) is 16.9 Å². The molecule has 0 aliphatic rings. The molecule has 3 heterocycles. The normalized spacial score (nSPS) is 11.4. The number of pyridine rings is 1. The molecule has 0 bridgehead atoms. The second-order valence-electron chi connectivity index (χ2n) is 5.21. The van der Waals surface area contributed by atoms with Crippen LogP contribution in [0.15, 0.2) is 47.7 Å². The third-order valence-corrected chi connectivity index (χ3v) is 3.83. The first-order chi connectivity index (χ1) is 10.7. The van der Waals surface area contributed by atoms with Gasteiger partial charge in [-0.1, -0.05) is 18.2 Å². The highest BCUT2D eigenvalue weighted by Gasteiger charge is 2.13. The van der Waals surface area contributed by atoms with Gasteiger partial charge in [-0.3, -0.25) is 9.36 Å². The van der Waals surface area contributed by atoms with Crippen LogP contribution in [-0.4, -0.2) is 24.1 Å². The molecule has 0 atom stereocenters. The number of aromatic nitrogens is 5. The Bertz CT molecular complexity index is 1080. The maximum atomic E-state index is 12.9. The van der Waals surface area contributed by atoms with E-state index in [2.05, 4.69) is 15.1 Å². The molecule has 0 aliphatic heterocycles. The SMILES string of the molecule is Cc1ccccc1-n1ccc2c(c(C)nc3ncnn32)c1=O. The highest BCUT2D eigenvalue weighted by Crippen LogP contribution is 2.17. The van der Waals surface area contributed by atoms with Gasteiger partial charge in [0, 0.05) is 6.20 Å². The minimum absolute atomic E-state index is 0.103. The van der Waals surface area contributed by atoms with Gasteiger partial charge in [0.2, 0.25) is 0 Å². The lowest BCUT2D eigenvalue weighted by molar-refractivity contribution is 0.945. The van der Waals surface area contributed by atoms with E-state index in [1.54, 1.807) is 15.3 Å². The molecule has 4 aromatic rings. The Morgan fingerprint density at radius 1 is 1.09 bits per heavy atom. The van der Waals surface area contributed by atoms with Crippen LogP contribution in [0.4, 0.5) is 0 Å². The third kappa shape index (κ3) is 1.67. The van der Waals surface area contributed by atoms with E-state index in [9.17, 15) is 4.79 Å². The zero-order valence-electron chi connectivity index (χ0n) is 12.2. The van der Waals surface area contributed by atoms with Crippen molar-refractivity contribution in [3.05, 3.63) is 64.5 Å². The van der Waals surface area contributed by atoms with Gasteiger partial charge in [0.25, 0.3) is 11.3 Å². The Morgan fingerprint density at radius 3 is 2.73 bits per heavy atom. The van der Waals surface area contributed by atoms with E-state index in [0.717, 1.165) is 16.8 Å². The molecule has 3 aromatic heterocycles. The molecule has 0 N–H and O–H groups in total. The van der Waals surface area contributed by atoms with Gasteiger partial charge in [-0.25, -0.2) is 4.98 Å². The number of para-hydroxylation sites is 1. The van der Waals surface area contributed by atoms with Gasteiger partial charge in [-0.05, 0) is 31.5 Å². The van der Waals surface area contributed by atoms with Gasteiger partial charge in [0.1, 0.15) is 6.33 Å². The average Bonchev–Trinajstić information content (AvgIpc) is 2.96. The molecule has 0 aliphatic carbocycles. The number of benzene rings is 1. The van der Waals surface area contributed by atoms with Crippen molar-refractivity contribution in [2.75, 3.05) is 0 Å². The average molecular weight is 291 g/mol. The molecule has 0 fully saturated rings. The lowest BCUT2D eigenvalue weighted by atomic mass is 10.2. The van der Waals surface area contributed by atoms with Crippen LogP contribution in [-0.2, 0) is 0 Å². The molecule has 6 nitrogen and oxygen atoms in total. The summed E-state index contributed by atoms with van der Waals surface area (Å²) in [6.07, 6.45) is 3.21. The molecule has 0 spiro atoms.